The van der Waals surface area contributed by atoms with E-state index in [9.17, 15) is 14.9 Å². The second kappa shape index (κ2) is 4.59. The third kappa shape index (κ3) is 2.01. The second-order valence-electron chi connectivity index (χ2n) is 4.64. The van der Waals surface area contributed by atoms with E-state index < -0.39 is 4.92 Å². The minimum atomic E-state index is -0.579. The molecule has 3 rings (SSSR count). The van der Waals surface area contributed by atoms with E-state index >= 15 is 0 Å². The smallest absolute Gasteiger partial charge is 0.283 e. The number of nitrogens with zero attached hydrogens (tertiary/aromatic N) is 1. The zero-order chi connectivity index (χ0) is 15.1. The van der Waals surface area contributed by atoms with Gasteiger partial charge in [-0.25, -0.2) is 0 Å². The van der Waals surface area contributed by atoms with Crippen LogP contribution in [-0.4, -0.2) is 17.8 Å². The third-order valence-corrected chi connectivity index (χ3v) is 3.37. The van der Waals surface area contributed by atoms with Crippen molar-refractivity contribution < 1.29 is 18.9 Å². The first-order valence-electron chi connectivity index (χ1n) is 6.21. The highest BCUT2D eigenvalue weighted by Gasteiger charge is 2.21. The van der Waals surface area contributed by atoms with Crippen LogP contribution in [0.3, 0.4) is 0 Å². The molecule has 2 aromatic carbocycles. The topological polar surface area (TPSA) is 82.6 Å². The van der Waals surface area contributed by atoms with E-state index in [1.807, 2.05) is 0 Å². The minimum Gasteiger partial charge on any atom is -0.497 e. The van der Waals surface area contributed by atoms with Gasteiger partial charge in [0, 0.05) is 16.8 Å². The van der Waals surface area contributed by atoms with Crippen molar-refractivity contribution in [2.75, 3.05) is 7.11 Å². The van der Waals surface area contributed by atoms with Gasteiger partial charge in [-0.3, -0.25) is 14.9 Å². The lowest BCUT2D eigenvalue weighted by Gasteiger charge is -1.99. The predicted octanol–water partition coefficient (Wildman–Crippen LogP) is 3.71. The largest absolute Gasteiger partial charge is 0.497 e. The summed E-state index contributed by atoms with van der Waals surface area (Å²) in [6, 6.07) is 8.07. The molecule has 0 atom stereocenters. The maximum atomic E-state index is 11.6. The lowest BCUT2D eigenvalue weighted by atomic mass is 10.0. The number of rotatable bonds is 3. The van der Waals surface area contributed by atoms with Crippen LogP contribution in [0.5, 0.6) is 5.75 Å². The lowest BCUT2D eigenvalue weighted by molar-refractivity contribution is -0.385. The van der Waals surface area contributed by atoms with Crippen molar-refractivity contribution >= 4 is 33.4 Å². The maximum absolute atomic E-state index is 11.6. The fraction of sp³-hybridized carbons (Fsp3) is 0.133. The Hall–Kier alpha value is -2.89. The van der Waals surface area contributed by atoms with Gasteiger partial charge in [0.2, 0.25) is 0 Å². The molecule has 1 heterocycles. The molecule has 0 aliphatic carbocycles. The molecule has 0 bridgehead atoms. The highest BCUT2D eigenvalue weighted by atomic mass is 16.6. The van der Waals surface area contributed by atoms with Crippen LogP contribution in [0, 0.1) is 10.1 Å². The summed E-state index contributed by atoms with van der Waals surface area (Å²) in [6.07, 6.45) is 0. The summed E-state index contributed by atoms with van der Waals surface area (Å²) in [5, 5.41) is 12.5. The fourth-order valence-corrected chi connectivity index (χ4v) is 2.35. The number of hydrogen-bond acceptors (Lipinski definition) is 5. The molecule has 1 aromatic heterocycles. The van der Waals surface area contributed by atoms with Gasteiger partial charge in [0.25, 0.3) is 5.69 Å². The number of nitro benzene ring substituents is 1. The van der Waals surface area contributed by atoms with E-state index in [1.54, 1.807) is 25.3 Å². The molecule has 6 nitrogen and oxygen atoms in total. The van der Waals surface area contributed by atoms with Gasteiger partial charge >= 0.3 is 0 Å². The molecule has 0 saturated heterocycles. The SMILES string of the molecule is COc1ccc2c(c1)oc1cc([N+](=O)[O-])c(C(C)=O)cc12. The van der Waals surface area contributed by atoms with Gasteiger partial charge in [-0.2, -0.15) is 0 Å². The first kappa shape index (κ1) is 13.1. The molecule has 0 aliphatic rings. The molecule has 0 unspecified atom stereocenters. The second-order valence-corrected chi connectivity index (χ2v) is 4.64. The van der Waals surface area contributed by atoms with Crippen LogP contribution in [0.1, 0.15) is 17.3 Å². The van der Waals surface area contributed by atoms with Crippen LogP contribution in [0.15, 0.2) is 34.7 Å². The number of ether oxygens (including phenoxy) is 1. The number of benzene rings is 2. The number of nitro groups is 1. The Kier molecular flexibility index (Phi) is 2.86. The van der Waals surface area contributed by atoms with E-state index in [-0.39, 0.29) is 17.0 Å². The average Bonchev–Trinajstić information content (AvgIpc) is 2.82. The number of carbonyl (C=O) groups is 1. The Bertz CT molecular complexity index is 894. The summed E-state index contributed by atoms with van der Waals surface area (Å²) in [7, 11) is 1.54. The Balaban J connectivity index is 2.39. The van der Waals surface area contributed by atoms with Gasteiger partial charge in [0.15, 0.2) is 5.78 Å². The number of fused-ring (bicyclic) bond motifs is 3. The minimum absolute atomic E-state index is 0.0750. The summed E-state index contributed by atoms with van der Waals surface area (Å²) in [5.74, 6) is 0.273. The Morgan fingerprint density at radius 2 is 1.90 bits per heavy atom. The number of Topliss-reactive ketones (excluding diaryl/α,β-unsaturated/α-hetero) is 1. The van der Waals surface area contributed by atoms with E-state index in [0.29, 0.717) is 22.3 Å². The predicted molar refractivity (Wildman–Crippen MR) is 76.9 cm³/mol. The van der Waals surface area contributed by atoms with Gasteiger partial charge in [-0.15, -0.1) is 0 Å². The molecule has 0 fully saturated rings. The molecule has 6 heteroatoms. The molecule has 0 aliphatic heterocycles. The van der Waals surface area contributed by atoms with Crippen LogP contribution in [0.4, 0.5) is 5.69 Å². The molecular weight excluding hydrogens is 274 g/mol. The first-order chi connectivity index (χ1) is 10.0. The number of methoxy groups -OCH3 is 1. The van der Waals surface area contributed by atoms with Crippen molar-refractivity contribution in [2.45, 2.75) is 6.92 Å². The maximum Gasteiger partial charge on any atom is 0.283 e. The summed E-state index contributed by atoms with van der Waals surface area (Å²) in [6.45, 7) is 1.31. The quantitative estimate of drug-likeness (QED) is 0.416. The number of furan rings is 1. The van der Waals surface area contributed by atoms with Crippen molar-refractivity contribution in [1.82, 2.24) is 0 Å². The molecule has 106 valence electrons. The summed E-state index contributed by atoms with van der Waals surface area (Å²) < 4.78 is 10.7. The van der Waals surface area contributed by atoms with Crippen LogP contribution in [0.25, 0.3) is 21.9 Å². The lowest BCUT2D eigenvalue weighted by Crippen LogP contribution is -1.99. The van der Waals surface area contributed by atoms with Gasteiger partial charge in [0.05, 0.1) is 23.7 Å². The van der Waals surface area contributed by atoms with Gasteiger partial charge < -0.3 is 9.15 Å². The Morgan fingerprint density at radius 3 is 2.52 bits per heavy atom. The van der Waals surface area contributed by atoms with Crippen LogP contribution >= 0.6 is 0 Å². The molecule has 21 heavy (non-hydrogen) atoms. The summed E-state index contributed by atoms with van der Waals surface area (Å²) in [5.41, 5.74) is 0.751. The number of hydrogen-bond donors (Lipinski definition) is 0. The average molecular weight is 285 g/mol. The van der Waals surface area contributed by atoms with Gasteiger partial charge in [-0.1, -0.05) is 0 Å². The molecule has 3 aromatic rings. The van der Waals surface area contributed by atoms with Crippen molar-refractivity contribution in [2.24, 2.45) is 0 Å². The summed E-state index contributed by atoms with van der Waals surface area (Å²) >= 11 is 0. The van der Waals surface area contributed by atoms with Crippen LogP contribution in [-0.2, 0) is 0 Å². The Labute approximate surface area is 119 Å². The molecule has 0 saturated carbocycles. The highest BCUT2D eigenvalue weighted by molar-refractivity contribution is 6.10. The fourth-order valence-electron chi connectivity index (χ4n) is 2.35. The van der Waals surface area contributed by atoms with Gasteiger partial charge in [0.1, 0.15) is 16.9 Å². The molecular formula is C15H11NO5. The van der Waals surface area contributed by atoms with E-state index in [4.69, 9.17) is 9.15 Å². The molecule has 0 amide bonds. The standard InChI is InChI=1S/C15H11NO5/c1-8(17)11-6-12-10-4-3-9(20-2)5-14(10)21-15(12)7-13(11)16(18)19/h3-7H,1-2H3. The normalized spacial score (nSPS) is 11.0. The van der Waals surface area contributed by atoms with E-state index in [0.717, 1.165) is 5.39 Å². The monoisotopic (exact) mass is 285 g/mol. The molecule has 0 spiro atoms. The van der Waals surface area contributed by atoms with Crippen molar-refractivity contribution in [1.29, 1.82) is 0 Å². The zero-order valence-corrected chi connectivity index (χ0v) is 11.4. The van der Waals surface area contributed by atoms with Gasteiger partial charge in [-0.05, 0) is 25.1 Å². The van der Waals surface area contributed by atoms with E-state index in [1.165, 1.54) is 19.1 Å². The van der Waals surface area contributed by atoms with Crippen LogP contribution in [0.2, 0.25) is 0 Å². The van der Waals surface area contributed by atoms with E-state index in [2.05, 4.69) is 0 Å². The van der Waals surface area contributed by atoms with Crippen molar-refractivity contribution in [3.05, 3.63) is 46.0 Å². The van der Waals surface area contributed by atoms with Crippen LogP contribution < -0.4 is 4.74 Å². The number of carbonyl (C=O) groups excluding carboxylic acids is 1. The molecule has 0 N–H and O–H groups in total. The number of ketones is 1. The zero-order valence-electron chi connectivity index (χ0n) is 11.4. The van der Waals surface area contributed by atoms with Crippen molar-refractivity contribution in [3.63, 3.8) is 0 Å². The first-order valence-corrected chi connectivity index (χ1v) is 6.21. The highest BCUT2D eigenvalue weighted by Crippen LogP contribution is 2.35. The third-order valence-electron chi connectivity index (χ3n) is 3.37. The molecule has 0 radical (unpaired) electrons. The van der Waals surface area contributed by atoms with Crippen molar-refractivity contribution in [3.8, 4) is 5.75 Å². The Morgan fingerprint density at radius 1 is 1.19 bits per heavy atom. The summed E-state index contributed by atoms with van der Waals surface area (Å²) in [4.78, 5) is 22.1.